The van der Waals surface area contributed by atoms with E-state index in [1.165, 1.54) is 0 Å². The largest absolute Gasteiger partial charge is 0.391 e. The summed E-state index contributed by atoms with van der Waals surface area (Å²) < 4.78 is 0. The molecule has 0 unspecified atom stereocenters. The van der Waals surface area contributed by atoms with E-state index in [-0.39, 0.29) is 12.4 Å². The van der Waals surface area contributed by atoms with Gasteiger partial charge in [-0.3, -0.25) is 0 Å². The van der Waals surface area contributed by atoms with Crippen LogP contribution in [0.5, 0.6) is 0 Å². The van der Waals surface area contributed by atoms with E-state index < -0.39 is 12.1 Å². The summed E-state index contributed by atoms with van der Waals surface area (Å²) in [4.78, 5) is 0. The maximum atomic E-state index is 10.1. The van der Waals surface area contributed by atoms with Crippen molar-refractivity contribution in [2.45, 2.75) is 38.8 Å². The smallest absolute Gasteiger partial charge is 0.0733 e. The fourth-order valence-corrected chi connectivity index (χ4v) is 2.45. The van der Waals surface area contributed by atoms with Gasteiger partial charge >= 0.3 is 0 Å². The zero-order valence-electron chi connectivity index (χ0n) is 10.9. The first-order valence-corrected chi connectivity index (χ1v) is 7.04. The molecule has 1 rings (SSSR count). The Morgan fingerprint density at radius 1 is 1.16 bits per heavy atom. The molecular weight excluding hydrogens is 328 g/mol. The summed E-state index contributed by atoms with van der Waals surface area (Å²) in [7, 11) is 0. The molecule has 3 N–H and O–H groups in total. The van der Waals surface area contributed by atoms with Crippen LogP contribution in [0.15, 0.2) is 12.1 Å². The predicted molar refractivity (Wildman–Crippen MR) is 85.7 cm³/mol. The van der Waals surface area contributed by atoms with Gasteiger partial charge in [0.1, 0.15) is 0 Å². The van der Waals surface area contributed by atoms with Crippen molar-refractivity contribution in [2.24, 2.45) is 11.7 Å². The van der Waals surface area contributed by atoms with Crippen molar-refractivity contribution >= 4 is 47.2 Å². The first-order chi connectivity index (χ1) is 8.32. The number of hydrogen-bond acceptors (Lipinski definition) is 2. The summed E-state index contributed by atoms with van der Waals surface area (Å²) in [5.74, 6) is 0.519. The number of nitrogens with two attached hydrogens (primary N) is 1. The molecule has 0 saturated carbocycles. The minimum absolute atomic E-state index is 0. The van der Waals surface area contributed by atoms with Crippen molar-refractivity contribution in [3.63, 3.8) is 0 Å². The van der Waals surface area contributed by atoms with E-state index in [4.69, 9.17) is 40.5 Å². The third-order valence-corrected chi connectivity index (χ3v) is 3.87. The highest BCUT2D eigenvalue weighted by Gasteiger charge is 2.21. The Morgan fingerprint density at radius 3 is 2.26 bits per heavy atom. The molecule has 2 atom stereocenters. The molecule has 0 aromatic heterocycles. The van der Waals surface area contributed by atoms with Gasteiger partial charge in [-0.05, 0) is 36.5 Å². The molecule has 0 bridgehead atoms. The van der Waals surface area contributed by atoms with Crippen molar-refractivity contribution in [3.05, 3.63) is 32.8 Å². The number of aliphatic hydroxyl groups excluding tert-OH is 1. The maximum Gasteiger partial charge on any atom is 0.0733 e. The topological polar surface area (TPSA) is 46.2 Å². The summed E-state index contributed by atoms with van der Waals surface area (Å²) in [6.45, 7) is 4.20. The Balaban J connectivity index is 0.00000324. The van der Waals surface area contributed by atoms with Gasteiger partial charge in [-0.25, -0.2) is 0 Å². The van der Waals surface area contributed by atoms with Crippen molar-refractivity contribution in [2.75, 3.05) is 0 Å². The lowest BCUT2D eigenvalue weighted by atomic mass is 9.96. The molecule has 0 aliphatic rings. The first-order valence-electron chi connectivity index (χ1n) is 5.91. The van der Waals surface area contributed by atoms with Crippen LogP contribution in [0, 0.1) is 5.92 Å². The molecular formula is C13H19Cl4NO. The molecule has 19 heavy (non-hydrogen) atoms. The molecule has 0 heterocycles. The monoisotopic (exact) mass is 345 g/mol. The van der Waals surface area contributed by atoms with Gasteiger partial charge in [-0.1, -0.05) is 48.7 Å². The fraction of sp³-hybridized carbons (Fsp3) is 0.538. The molecule has 110 valence electrons. The minimum Gasteiger partial charge on any atom is -0.391 e. The van der Waals surface area contributed by atoms with Crippen LogP contribution in [-0.2, 0) is 0 Å². The molecule has 1 aromatic carbocycles. The van der Waals surface area contributed by atoms with Crippen LogP contribution in [0.4, 0.5) is 0 Å². The number of halogens is 4. The lowest BCUT2D eigenvalue weighted by molar-refractivity contribution is 0.128. The van der Waals surface area contributed by atoms with Crippen LogP contribution in [0.3, 0.4) is 0 Å². The zero-order chi connectivity index (χ0) is 13.9. The normalized spacial score (nSPS) is 14.1. The average molecular weight is 347 g/mol. The summed E-state index contributed by atoms with van der Waals surface area (Å²) in [5.41, 5.74) is 6.60. The van der Waals surface area contributed by atoms with E-state index in [0.717, 1.165) is 6.42 Å². The minimum atomic E-state index is -0.653. The van der Waals surface area contributed by atoms with E-state index in [1.54, 1.807) is 12.1 Å². The third-order valence-electron chi connectivity index (χ3n) is 2.83. The van der Waals surface area contributed by atoms with Crippen LogP contribution < -0.4 is 5.73 Å². The fourth-order valence-electron chi connectivity index (χ4n) is 1.71. The van der Waals surface area contributed by atoms with Gasteiger partial charge in [0.05, 0.1) is 22.2 Å². The number of rotatable bonds is 5. The van der Waals surface area contributed by atoms with Crippen LogP contribution in [0.25, 0.3) is 0 Å². The van der Waals surface area contributed by atoms with Gasteiger partial charge in [-0.15, -0.1) is 12.4 Å². The van der Waals surface area contributed by atoms with Gasteiger partial charge in [0, 0.05) is 5.02 Å². The standard InChI is InChI=1S/C13H18Cl3NO.ClH/c1-7(2)3-4-11(18)13(17)9-5-8(14)6-10(15)12(9)16;/h5-7,11,13,18H,3-4,17H2,1-2H3;1H/t11-,13+;/m0./s1. The predicted octanol–water partition coefficient (Wildman–Crippen LogP) is 4.87. The Morgan fingerprint density at radius 2 is 1.74 bits per heavy atom. The van der Waals surface area contributed by atoms with E-state index in [0.29, 0.717) is 33.0 Å². The summed E-state index contributed by atoms with van der Waals surface area (Å²) in [6.07, 6.45) is 0.875. The maximum absolute atomic E-state index is 10.1. The van der Waals surface area contributed by atoms with Crippen LogP contribution in [0.1, 0.15) is 38.3 Å². The lowest BCUT2D eigenvalue weighted by Crippen LogP contribution is -2.26. The highest BCUT2D eigenvalue weighted by Crippen LogP contribution is 2.34. The SMILES string of the molecule is CC(C)CC[C@H](O)[C@H](N)c1cc(Cl)cc(Cl)c1Cl.Cl. The van der Waals surface area contributed by atoms with Crippen LogP contribution >= 0.6 is 47.2 Å². The summed E-state index contributed by atoms with van der Waals surface area (Å²) in [6, 6.07) is 2.63. The van der Waals surface area contributed by atoms with Gasteiger partial charge in [0.2, 0.25) is 0 Å². The van der Waals surface area contributed by atoms with Crippen molar-refractivity contribution < 1.29 is 5.11 Å². The average Bonchev–Trinajstić information content (AvgIpc) is 2.29. The Bertz CT molecular complexity index is 412. The molecule has 0 fully saturated rings. The quantitative estimate of drug-likeness (QED) is 0.747. The highest BCUT2D eigenvalue weighted by molar-refractivity contribution is 6.43. The number of aliphatic hydroxyl groups is 1. The van der Waals surface area contributed by atoms with Crippen molar-refractivity contribution in [3.8, 4) is 0 Å². The second-order valence-electron chi connectivity index (χ2n) is 4.86. The molecule has 0 saturated heterocycles. The molecule has 1 aromatic rings. The van der Waals surface area contributed by atoms with Crippen LogP contribution in [0.2, 0.25) is 15.1 Å². The molecule has 0 aliphatic carbocycles. The van der Waals surface area contributed by atoms with Gasteiger partial charge < -0.3 is 10.8 Å². The number of hydrogen-bond donors (Lipinski definition) is 2. The molecule has 0 spiro atoms. The molecule has 0 radical (unpaired) electrons. The van der Waals surface area contributed by atoms with Crippen molar-refractivity contribution in [1.82, 2.24) is 0 Å². The molecule has 0 aliphatic heterocycles. The third kappa shape index (κ3) is 5.66. The van der Waals surface area contributed by atoms with Gasteiger partial charge in [-0.2, -0.15) is 0 Å². The molecule has 6 heteroatoms. The van der Waals surface area contributed by atoms with Crippen molar-refractivity contribution in [1.29, 1.82) is 0 Å². The summed E-state index contributed by atoms with van der Waals surface area (Å²) in [5, 5.41) is 11.2. The van der Waals surface area contributed by atoms with E-state index in [1.807, 2.05) is 0 Å². The highest BCUT2D eigenvalue weighted by atomic mass is 35.5. The van der Waals surface area contributed by atoms with E-state index in [9.17, 15) is 5.11 Å². The number of benzene rings is 1. The zero-order valence-corrected chi connectivity index (χ0v) is 14.0. The van der Waals surface area contributed by atoms with Gasteiger partial charge in [0.25, 0.3) is 0 Å². The molecule has 0 amide bonds. The Hall–Kier alpha value is 0.300. The van der Waals surface area contributed by atoms with E-state index >= 15 is 0 Å². The van der Waals surface area contributed by atoms with Crippen LogP contribution in [-0.4, -0.2) is 11.2 Å². The van der Waals surface area contributed by atoms with Gasteiger partial charge in [0.15, 0.2) is 0 Å². The summed E-state index contributed by atoms with van der Waals surface area (Å²) >= 11 is 17.9. The Kier molecular flexibility index (Phi) is 8.69. The molecule has 2 nitrogen and oxygen atoms in total. The second-order valence-corrected chi connectivity index (χ2v) is 6.08. The van der Waals surface area contributed by atoms with E-state index in [2.05, 4.69) is 13.8 Å². The lowest BCUT2D eigenvalue weighted by Gasteiger charge is -2.21. The first kappa shape index (κ1) is 19.3. The second kappa shape index (κ2) is 8.56. The Labute approximate surface area is 135 Å².